The van der Waals surface area contributed by atoms with E-state index in [9.17, 15) is 4.79 Å². The van der Waals surface area contributed by atoms with Crippen LogP contribution in [0.4, 0.5) is 4.79 Å². The summed E-state index contributed by atoms with van der Waals surface area (Å²) >= 11 is 0. The molecule has 0 saturated heterocycles. The molecule has 27 heavy (non-hydrogen) atoms. The maximum atomic E-state index is 12.7. The van der Waals surface area contributed by atoms with Crippen molar-refractivity contribution in [3.8, 4) is 11.4 Å². The molecule has 0 aliphatic carbocycles. The van der Waals surface area contributed by atoms with Gasteiger partial charge in [-0.3, -0.25) is 0 Å². The highest BCUT2D eigenvalue weighted by molar-refractivity contribution is 5.74. The highest BCUT2D eigenvalue weighted by Crippen LogP contribution is 2.24. The number of benzene rings is 2. The van der Waals surface area contributed by atoms with Crippen LogP contribution in [-0.2, 0) is 13.1 Å². The molecule has 3 aromatic rings. The lowest BCUT2D eigenvalue weighted by Gasteiger charge is -2.20. The molecule has 1 aliphatic heterocycles. The summed E-state index contributed by atoms with van der Waals surface area (Å²) in [4.78, 5) is 18.7. The molecule has 1 aromatic heterocycles. The van der Waals surface area contributed by atoms with E-state index in [2.05, 4.69) is 21.5 Å². The van der Waals surface area contributed by atoms with E-state index >= 15 is 0 Å². The molecule has 0 radical (unpaired) electrons. The van der Waals surface area contributed by atoms with Crippen molar-refractivity contribution in [2.24, 2.45) is 0 Å². The van der Waals surface area contributed by atoms with E-state index < -0.39 is 0 Å². The third kappa shape index (κ3) is 3.76. The third-order valence-corrected chi connectivity index (χ3v) is 4.50. The van der Waals surface area contributed by atoms with Gasteiger partial charge in [0, 0.05) is 5.56 Å². The molecule has 1 aliphatic rings. The Morgan fingerprint density at radius 1 is 1.22 bits per heavy atom. The van der Waals surface area contributed by atoms with Crippen LogP contribution in [-0.4, -0.2) is 38.8 Å². The number of nitrogens with one attached hydrogen (secondary N) is 1. The van der Waals surface area contributed by atoms with Crippen LogP contribution in [0.25, 0.3) is 5.69 Å². The maximum absolute atomic E-state index is 12.7. The molecule has 138 valence electrons. The van der Waals surface area contributed by atoms with E-state index in [4.69, 9.17) is 4.74 Å². The molecule has 2 amide bonds. The van der Waals surface area contributed by atoms with Crippen molar-refractivity contribution in [2.45, 2.75) is 20.0 Å². The Morgan fingerprint density at radius 3 is 2.93 bits per heavy atom. The van der Waals surface area contributed by atoms with Gasteiger partial charge in [-0.2, -0.15) is 5.10 Å². The summed E-state index contributed by atoms with van der Waals surface area (Å²) in [6, 6.07) is 15.6. The van der Waals surface area contributed by atoms with E-state index in [1.165, 1.54) is 6.33 Å². The topological polar surface area (TPSA) is 72.3 Å². The number of amides is 2. The van der Waals surface area contributed by atoms with Crippen molar-refractivity contribution < 1.29 is 9.53 Å². The minimum absolute atomic E-state index is 0.143. The first kappa shape index (κ1) is 17.1. The maximum Gasteiger partial charge on any atom is 0.318 e. The fraction of sp³-hybridized carbons (Fsp3) is 0.250. The van der Waals surface area contributed by atoms with Gasteiger partial charge in [-0.05, 0) is 25.1 Å². The number of aromatic nitrogens is 3. The third-order valence-electron chi connectivity index (χ3n) is 4.50. The number of rotatable bonds is 3. The predicted molar refractivity (Wildman–Crippen MR) is 101 cm³/mol. The van der Waals surface area contributed by atoms with Crippen LogP contribution in [0.5, 0.6) is 5.75 Å². The molecule has 1 N–H and O–H groups in total. The van der Waals surface area contributed by atoms with Crippen molar-refractivity contribution in [2.75, 3.05) is 13.2 Å². The lowest BCUT2D eigenvalue weighted by molar-refractivity contribution is 0.187. The number of urea groups is 1. The van der Waals surface area contributed by atoms with Gasteiger partial charge in [0.15, 0.2) is 5.82 Å². The summed E-state index contributed by atoms with van der Waals surface area (Å²) in [5, 5.41) is 7.20. The van der Waals surface area contributed by atoms with Gasteiger partial charge in [-0.15, -0.1) is 0 Å². The Morgan fingerprint density at radius 2 is 2.07 bits per heavy atom. The number of carbonyl (C=O) groups excluding carboxylic acids is 1. The number of carbonyl (C=O) groups is 1. The lowest BCUT2D eigenvalue weighted by Crippen LogP contribution is -2.40. The fourth-order valence-corrected chi connectivity index (χ4v) is 3.13. The normalized spacial score (nSPS) is 13.4. The summed E-state index contributed by atoms with van der Waals surface area (Å²) < 4.78 is 7.49. The van der Waals surface area contributed by atoms with Gasteiger partial charge in [-0.25, -0.2) is 14.5 Å². The summed E-state index contributed by atoms with van der Waals surface area (Å²) in [7, 11) is 0. The largest absolute Gasteiger partial charge is 0.491 e. The van der Waals surface area contributed by atoms with Crippen molar-refractivity contribution in [1.82, 2.24) is 25.0 Å². The minimum atomic E-state index is -0.143. The monoisotopic (exact) mass is 363 g/mol. The summed E-state index contributed by atoms with van der Waals surface area (Å²) in [6.07, 6.45) is 1.49. The number of para-hydroxylation sites is 1. The van der Waals surface area contributed by atoms with Gasteiger partial charge in [0.1, 0.15) is 18.7 Å². The summed E-state index contributed by atoms with van der Waals surface area (Å²) in [5.41, 5.74) is 3.08. The van der Waals surface area contributed by atoms with E-state index in [-0.39, 0.29) is 6.03 Å². The van der Waals surface area contributed by atoms with E-state index in [0.717, 1.165) is 22.6 Å². The van der Waals surface area contributed by atoms with Crippen molar-refractivity contribution in [3.05, 3.63) is 71.8 Å². The average Bonchev–Trinajstić information content (AvgIpc) is 3.06. The number of hydrogen-bond acceptors (Lipinski definition) is 4. The van der Waals surface area contributed by atoms with E-state index in [1.54, 1.807) is 9.58 Å². The number of nitrogens with zero attached hydrogens (tertiary/aromatic N) is 4. The number of aryl methyl sites for hydroxylation is 1. The smallest absolute Gasteiger partial charge is 0.318 e. The highest BCUT2D eigenvalue weighted by atomic mass is 16.5. The number of hydrogen-bond donors (Lipinski definition) is 1. The molecule has 0 bridgehead atoms. The Kier molecular flexibility index (Phi) is 4.74. The van der Waals surface area contributed by atoms with Crippen LogP contribution in [0, 0.1) is 6.92 Å². The number of ether oxygens (including phenoxy) is 1. The standard InChI is InChI=1S/C20H21N5O2/c1-15-7-8-18-16(11-15)13-24(9-10-27-18)20(26)21-12-19-22-14-23-25(19)17-5-3-2-4-6-17/h2-8,11,14H,9-10,12-13H2,1H3,(H,21,26). The molecule has 0 fully saturated rings. The lowest BCUT2D eigenvalue weighted by atomic mass is 10.1. The highest BCUT2D eigenvalue weighted by Gasteiger charge is 2.20. The van der Waals surface area contributed by atoms with Gasteiger partial charge in [0.2, 0.25) is 0 Å². The van der Waals surface area contributed by atoms with Crippen LogP contribution in [0.15, 0.2) is 54.9 Å². The van der Waals surface area contributed by atoms with Crippen LogP contribution in [0.2, 0.25) is 0 Å². The summed E-state index contributed by atoms with van der Waals surface area (Å²) in [6.45, 7) is 3.86. The molecule has 0 spiro atoms. The minimum Gasteiger partial charge on any atom is -0.491 e. The predicted octanol–water partition coefficient (Wildman–Crippen LogP) is 2.68. The average molecular weight is 363 g/mol. The zero-order chi connectivity index (χ0) is 18.6. The van der Waals surface area contributed by atoms with Gasteiger partial charge < -0.3 is 15.0 Å². The van der Waals surface area contributed by atoms with Crippen LogP contribution in [0.3, 0.4) is 0 Å². The Labute approximate surface area is 157 Å². The SMILES string of the molecule is Cc1ccc2c(c1)CN(C(=O)NCc1ncnn1-c1ccccc1)CCO2. The molecule has 0 saturated carbocycles. The zero-order valence-corrected chi connectivity index (χ0v) is 15.1. The fourth-order valence-electron chi connectivity index (χ4n) is 3.13. The summed E-state index contributed by atoms with van der Waals surface area (Å²) in [5.74, 6) is 1.52. The quantitative estimate of drug-likeness (QED) is 0.777. The van der Waals surface area contributed by atoms with Crippen LogP contribution >= 0.6 is 0 Å². The molecular weight excluding hydrogens is 342 g/mol. The molecule has 0 atom stereocenters. The second kappa shape index (κ2) is 7.49. The first-order valence-corrected chi connectivity index (χ1v) is 8.90. The molecule has 4 rings (SSSR count). The zero-order valence-electron chi connectivity index (χ0n) is 15.1. The van der Waals surface area contributed by atoms with Crippen molar-refractivity contribution in [1.29, 1.82) is 0 Å². The Hall–Kier alpha value is -3.35. The van der Waals surface area contributed by atoms with Crippen molar-refractivity contribution in [3.63, 3.8) is 0 Å². The van der Waals surface area contributed by atoms with Crippen molar-refractivity contribution >= 4 is 6.03 Å². The molecule has 7 heteroatoms. The molecular formula is C20H21N5O2. The van der Waals surface area contributed by atoms with Gasteiger partial charge in [0.05, 0.1) is 25.3 Å². The molecule has 7 nitrogen and oxygen atoms in total. The molecule has 0 unspecified atom stereocenters. The first-order valence-electron chi connectivity index (χ1n) is 8.90. The van der Waals surface area contributed by atoms with Crippen LogP contribution < -0.4 is 10.1 Å². The first-order chi connectivity index (χ1) is 13.2. The molecule has 2 aromatic carbocycles. The second-order valence-corrected chi connectivity index (χ2v) is 6.46. The number of fused-ring (bicyclic) bond motifs is 1. The van der Waals surface area contributed by atoms with Gasteiger partial charge >= 0.3 is 6.03 Å². The Bertz CT molecular complexity index is 939. The van der Waals surface area contributed by atoms with Crippen LogP contribution in [0.1, 0.15) is 17.0 Å². The second-order valence-electron chi connectivity index (χ2n) is 6.46. The van der Waals surface area contributed by atoms with Gasteiger partial charge in [-0.1, -0.05) is 35.9 Å². The van der Waals surface area contributed by atoms with Gasteiger partial charge in [0.25, 0.3) is 0 Å². The van der Waals surface area contributed by atoms with E-state index in [1.807, 2.05) is 49.4 Å². The van der Waals surface area contributed by atoms with E-state index in [0.29, 0.717) is 32.1 Å². The Balaban J connectivity index is 1.44. The molecule has 2 heterocycles.